The van der Waals surface area contributed by atoms with Gasteiger partial charge in [-0.05, 0) is 20.0 Å². The Morgan fingerprint density at radius 1 is 1.35 bits per heavy atom. The zero-order valence-corrected chi connectivity index (χ0v) is 12.8. The van der Waals surface area contributed by atoms with E-state index in [1.54, 1.807) is 0 Å². The first-order chi connectivity index (χ1) is 9.69. The van der Waals surface area contributed by atoms with Gasteiger partial charge < -0.3 is 15.5 Å². The van der Waals surface area contributed by atoms with Crippen molar-refractivity contribution in [1.82, 2.24) is 19.6 Å². The average Bonchev–Trinajstić information content (AvgIpc) is 3.07. The average molecular weight is 278 g/mol. The van der Waals surface area contributed by atoms with Crippen molar-refractivity contribution in [2.75, 3.05) is 32.7 Å². The minimum atomic E-state index is 0.242. The molecule has 6 heteroatoms. The van der Waals surface area contributed by atoms with Crippen LogP contribution in [0, 0.1) is 0 Å². The predicted octanol–water partition coefficient (Wildman–Crippen LogP) is 0.916. The highest BCUT2D eigenvalue weighted by Gasteiger charge is 2.28. The number of nitrogens with two attached hydrogens (primary N) is 1. The van der Waals surface area contributed by atoms with Crippen molar-refractivity contribution in [2.24, 2.45) is 10.7 Å². The Labute approximate surface area is 121 Å². The van der Waals surface area contributed by atoms with E-state index in [2.05, 4.69) is 46.9 Å². The second kappa shape index (κ2) is 6.74. The van der Waals surface area contributed by atoms with Crippen LogP contribution in [0.5, 0.6) is 0 Å². The number of aryl methyl sites for hydroxylation is 1. The number of nitrogens with zero attached hydrogens (tertiary/aromatic N) is 5. The molecule has 0 fully saturated rings. The van der Waals surface area contributed by atoms with Gasteiger partial charge >= 0.3 is 0 Å². The summed E-state index contributed by atoms with van der Waals surface area (Å²) in [6.45, 7) is 12.2. The van der Waals surface area contributed by atoms with Gasteiger partial charge in [0.05, 0.1) is 18.8 Å². The van der Waals surface area contributed by atoms with Crippen LogP contribution in [0.2, 0.25) is 0 Å². The monoisotopic (exact) mass is 278 g/mol. The third-order valence-corrected chi connectivity index (χ3v) is 4.01. The van der Waals surface area contributed by atoms with E-state index < -0.39 is 0 Å². The van der Waals surface area contributed by atoms with Crippen LogP contribution >= 0.6 is 0 Å². The van der Waals surface area contributed by atoms with E-state index in [1.807, 2.05) is 10.9 Å². The lowest BCUT2D eigenvalue weighted by Crippen LogP contribution is -2.41. The number of aromatic nitrogens is 2. The lowest BCUT2D eigenvalue weighted by atomic mass is 10.1. The molecule has 1 atom stereocenters. The highest BCUT2D eigenvalue weighted by molar-refractivity contribution is 5.80. The van der Waals surface area contributed by atoms with Gasteiger partial charge in [0.15, 0.2) is 5.96 Å². The molecule has 2 heterocycles. The van der Waals surface area contributed by atoms with Gasteiger partial charge in [0.2, 0.25) is 0 Å². The van der Waals surface area contributed by atoms with Crippen molar-refractivity contribution in [3.63, 3.8) is 0 Å². The maximum absolute atomic E-state index is 6.05. The predicted molar refractivity (Wildman–Crippen MR) is 81.6 cm³/mol. The Bertz CT molecular complexity index is 448. The van der Waals surface area contributed by atoms with Gasteiger partial charge in [-0.1, -0.05) is 13.8 Å². The van der Waals surface area contributed by atoms with Crippen LogP contribution in [0.1, 0.15) is 32.4 Å². The van der Waals surface area contributed by atoms with Gasteiger partial charge in [-0.15, -0.1) is 0 Å². The quantitative estimate of drug-likeness (QED) is 0.805. The number of rotatable bonds is 7. The number of hydrogen-bond donors (Lipinski definition) is 1. The van der Waals surface area contributed by atoms with E-state index in [4.69, 9.17) is 5.73 Å². The van der Waals surface area contributed by atoms with E-state index in [9.17, 15) is 0 Å². The van der Waals surface area contributed by atoms with Crippen molar-refractivity contribution in [1.29, 1.82) is 0 Å². The molecular weight excluding hydrogens is 252 g/mol. The molecule has 1 unspecified atom stereocenters. The largest absolute Gasteiger partial charge is 0.370 e. The highest BCUT2D eigenvalue weighted by Crippen LogP contribution is 2.24. The lowest BCUT2D eigenvalue weighted by Gasteiger charge is -2.28. The van der Waals surface area contributed by atoms with E-state index in [0.29, 0.717) is 5.96 Å². The molecule has 0 spiro atoms. The van der Waals surface area contributed by atoms with Gasteiger partial charge in [0.1, 0.15) is 0 Å². The third-order valence-electron chi connectivity index (χ3n) is 4.01. The molecule has 0 radical (unpaired) electrons. The molecule has 1 aromatic heterocycles. The van der Waals surface area contributed by atoms with E-state index >= 15 is 0 Å². The van der Waals surface area contributed by atoms with Crippen LogP contribution in [-0.2, 0) is 6.54 Å². The third kappa shape index (κ3) is 3.12. The molecule has 20 heavy (non-hydrogen) atoms. The van der Waals surface area contributed by atoms with Gasteiger partial charge in [-0.3, -0.25) is 9.67 Å². The molecule has 0 bridgehead atoms. The summed E-state index contributed by atoms with van der Waals surface area (Å²) in [5.41, 5.74) is 7.25. The van der Waals surface area contributed by atoms with E-state index in [1.165, 1.54) is 5.56 Å². The summed E-state index contributed by atoms with van der Waals surface area (Å²) in [5, 5.41) is 4.35. The maximum Gasteiger partial charge on any atom is 0.191 e. The van der Waals surface area contributed by atoms with E-state index in [0.717, 1.165) is 39.3 Å². The number of guanidine groups is 1. The number of aliphatic imine (C=N–C) groups is 1. The van der Waals surface area contributed by atoms with Gasteiger partial charge in [0, 0.05) is 31.4 Å². The fraction of sp³-hybridized carbons (Fsp3) is 0.714. The molecule has 0 aliphatic carbocycles. The van der Waals surface area contributed by atoms with Crippen molar-refractivity contribution in [3.05, 3.63) is 18.0 Å². The fourth-order valence-corrected chi connectivity index (χ4v) is 2.60. The second-order valence-electron chi connectivity index (χ2n) is 5.06. The number of hydrogen-bond acceptors (Lipinski definition) is 5. The first kappa shape index (κ1) is 14.8. The Kier molecular flexibility index (Phi) is 5.00. The first-order valence-electron chi connectivity index (χ1n) is 7.50. The zero-order chi connectivity index (χ0) is 14.5. The van der Waals surface area contributed by atoms with Crippen molar-refractivity contribution < 1.29 is 0 Å². The first-order valence-corrected chi connectivity index (χ1v) is 7.50. The minimum absolute atomic E-state index is 0.242. The number of likely N-dealkylation sites (N-methyl/N-ethyl adjacent to an activating group) is 1. The summed E-state index contributed by atoms with van der Waals surface area (Å²) >= 11 is 0. The molecular formula is C14H26N6. The van der Waals surface area contributed by atoms with Crippen LogP contribution in [-0.4, -0.2) is 58.3 Å². The van der Waals surface area contributed by atoms with Gasteiger partial charge in [0.25, 0.3) is 0 Å². The highest BCUT2D eigenvalue weighted by atomic mass is 15.3. The SMILES string of the molecule is CCN(CC)CCN1C(N)=NCC1c1cnn(CC)c1. The zero-order valence-electron chi connectivity index (χ0n) is 12.8. The summed E-state index contributed by atoms with van der Waals surface area (Å²) in [4.78, 5) is 9.01. The maximum atomic E-state index is 6.05. The van der Waals surface area contributed by atoms with Crippen LogP contribution in [0.3, 0.4) is 0 Å². The van der Waals surface area contributed by atoms with Crippen molar-refractivity contribution in [2.45, 2.75) is 33.4 Å². The van der Waals surface area contributed by atoms with Crippen LogP contribution in [0.15, 0.2) is 17.4 Å². The van der Waals surface area contributed by atoms with E-state index in [-0.39, 0.29) is 6.04 Å². The summed E-state index contributed by atoms with van der Waals surface area (Å²) in [6, 6.07) is 0.242. The Hall–Kier alpha value is -1.56. The summed E-state index contributed by atoms with van der Waals surface area (Å²) in [5.74, 6) is 0.659. The molecule has 0 aromatic carbocycles. The Morgan fingerprint density at radius 3 is 2.70 bits per heavy atom. The van der Waals surface area contributed by atoms with Crippen LogP contribution in [0.4, 0.5) is 0 Å². The Balaban J connectivity index is 2.02. The summed E-state index contributed by atoms with van der Waals surface area (Å²) < 4.78 is 1.95. The molecule has 1 aliphatic heterocycles. The van der Waals surface area contributed by atoms with Crippen LogP contribution in [0.25, 0.3) is 0 Å². The molecule has 0 saturated carbocycles. The molecule has 1 aliphatic rings. The van der Waals surface area contributed by atoms with Gasteiger partial charge in [-0.2, -0.15) is 5.10 Å². The summed E-state index contributed by atoms with van der Waals surface area (Å²) in [6.07, 6.45) is 4.04. The minimum Gasteiger partial charge on any atom is -0.370 e. The van der Waals surface area contributed by atoms with Crippen molar-refractivity contribution in [3.8, 4) is 0 Å². The molecule has 0 saturated heterocycles. The topological polar surface area (TPSA) is 62.7 Å². The Morgan fingerprint density at radius 2 is 2.10 bits per heavy atom. The molecule has 2 N–H and O–H groups in total. The second-order valence-corrected chi connectivity index (χ2v) is 5.06. The molecule has 112 valence electrons. The normalized spacial score (nSPS) is 18.9. The molecule has 1 aromatic rings. The van der Waals surface area contributed by atoms with Gasteiger partial charge in [-0.25, -0.2) is 0 Å². The van der Waals surface area contributed by atoms with Crippen LogP contribution < -0.4 is 5.73 Å². The smallest absolute Gasteiger partial charge is 0.191 e. The molecule has 6 nitrogen and oxygen atoms in total. The fourth-order valence-electron chi connectivity index (χ4n) is 2.60. The molecule has 0 amide bonds. The summed E-state index contributed by atoms with van der Waals surface area (Å²) in [7, 11) is 0. The molecule has 2 rings (SSSR count). The van der Waals surface area contributed by atoms with Crippen molar-refractivity contribution >= 4 is 5.96 Å². The standard InChI is InChI=1S/C14H26N6/c1-4-18(5-2)7-8-20-13(10-16-14(20)15)12-9-17-19(6-3)11-12/h9,11,13H,4-8,10H2,1-3H3,(H2,15,16). The lowest BCUT2D eigenvalue weighted by molar-refractivity contribution is 0.248.